The van der Waals surface area contributed by atoms with Crippen LogP contribution >= 0.6 is 11.3 Å². The summed E-state index contributed by atoms with van der Waals surface area (Å²) in [6.45, 7) is 0.826. The van der Waals surface area contributed by atoms with Gasteiger partial charge in [0.15, 0.2) is 0 Å². The summed E-state index contributed by atoms with van der Waals surface area (Å²) in [6.07, 6.45) is 0.390. The van der Waals surface area contributed by atoms with Crippen molar-refractivity contribution in [2.45, 2.75) is 13.0 Å². The van der Waals surface area contributed by atoms with Crippen molar-refractivity contribution in [3.63, 3.8) is 0 Å². The highest BCUT2D eigenvalue weighted by Crippen LogP contribution is 2.29. The number of nitrogens with zero attached hydrogens (tertiary/aromatic N) is 4. The van der Waals surface area contributed by atoms with E-state index in [1.165, 1.54) is 0 Å². The van der Waals surface area contributed by atoms with E-state index in [1.54, 1.807) is 11.3 Å². The second kappa shape index (κ2) is 9.84. The Morgan fingerprint density at radius 2 is 1.78 bits per heavy atom. The molecule has 9 nitrogen and oxygen atoms in total. The largest absolute Gasteiger partial charge is 0.423 e. The molecular weight excluding hydrogens is 448 g/mol. The maximum atomic E-state index is 12.0. The minimum absolute atomic E-state index is 0.0788. The third kappa shape index (κ3) is 5.96. The molecule has 2 N–H and O–H groups in total. The molecule has 0 aliphatic heterocycles. The molecule has 32 heavy (non-hydrogen) atoms. The molecule has 0 saturated heterocycles. The van der Waals surface area contributed by atoms with E-state index in [-0.39, 0.29) is 12.4 Å². The number of aromatic nitrogens is 3. The lowest BCUT2D eigenvalue weighted by Crippen LogP contribution is -2.39. The highest BCUT2D eigenvalue weighted by atomic mass is 32.2. The summed E-state index contributed by atoms with van der Waals surface area (Å²) in [5, 5.41) is 8.80. The molecule has 0 unspecified atom stereocenters. The number of fused-ring (bicyclic) bond motifs is 1. The third-order valence-electron chi connectivity index (χ3n) is 4.62. The van der Waals surface area contributed by atoms with Crippen LogP contribution in [0.15, 0.2) is 52.9 Å². The zero-order chi connectivity index (χ0) is 22.6. The first-order valence-electron chi connectivity index (χ1n) is 10.0. The van der Waals surface area contributed by atoms with Crippen molar-refractivity contribution in [3.8, 4) is 11.1 Å². The van der Waals surface area contributed by atoms with E-state index >= 15 is 0 Å². The normalized spacial score (nSPS) is 12.1. The van der Waals surface area contributed by atoms with Crippen molar-refractivity contribution in [3.05, 3.63) is 65.3 Å². The summed E-state index contributed by atoms with van der Waals surface area (Å²) in [7, 11) is 0.107. The Kier molecular flexibility index (Phi) is 6.92. The van der Waals surface area contributed by atoms with Gasteiger partial charge in [0.1, 0.15) is 5.01 Å². The Morgan fingerprint density at radius 3 is 2.56 bits per heavy atom. The molecule has 2 aromatic carbocycles. The fraction of sp³-hybridized carbons (Fsp3) is 0.286. The minimum Gasteiger partial charge on any atom is -0.423 e. The number of likely N-dealkylation sites (N-methyl/N-ethyl adjacent to an activating group) is 1. The number of nitrogens with one attached hydrogen (secondary N) is 2. The van der Waals surface area contributed by atoms with Crippen LogP contribution in [-0.4, -0.2) is 55.7 Å². The average molecular weight is 473 g/mol. The maximum absolute atomic E-state index is 12.0. The number of rotatable bonds is 10. The van der Waals surface area contributed by atoms with Crippen LogP contribution in [0.4, 0.5) is 0 Å². The van der Waals surface area contributed by atoms with Gasteiger partial charge < -0.3 is 9.32 Å². The maximum Gasteiger partial charge on any atom is 0.277 e. The lowest BCUT2D eigenvalue weighted by Gasteiger charge is -2.10. The summed E-state index contributed by atoms with van der Waals surface area (Å²) in [5.74, 6) is 0.590. The van der Waals surface area contributed by atoms with Crippen molar-refractivity contribution in [2.24, 2.45) is 0 Å². The molecule has 0 aliphatic rings. The van der Waals surface area contributed by atoms with Gasteiger partial charge in [-0.05, 0) is 37.4 Å². The van der Waals surface area contributed by atoms with Gasteiger partial charge in [-0.1, -0.05) is 36.4 Å². The first-order chi connectivity index (χ1) is 15.4. The molecule has 11 heteroatoms. The average Bonchev–Trinajstić information content (AvgIpc) is 3.38. The van der Waals surface area contributed by atoms with Crippen molar-refractivity contribution in [1.82, 2.24) is 29.5 Å². The highest BCUT2D eigenvalue weighted by molar-refractivity contribution is 7.87. The molecule has 0 atom stereocenters. The molecule has 0 radical (unpaired) electrons. The number of hydrogen-bond acceptors (Lipinski definition) is 8. The van der Waals surface area contributed by atoms with E-state index in [1.807, 2.05) is 43.3 Å². The minimum atomic E-state index is -3.63. The Balaban J connectivity index is 1.38. The summed E-state index contributed by atoms with van der Waals surface area (Å²) < 4.78 is 35.5. The standard InChI is InChI=1S/C21H24N6O3S2/c1-27(2)11-10-22-32(28,29)23-14-20-26-25-19(30-20)13-21-24-17-9-8-16(12-18(17)31-21)15-6-4-3-5-7-15/h3-9,12,22-23H,10-11,13-14H2,1-2H3. The Morgan fingerprint density at radius 1 is 1.00 bits per heavy atom. The van der Waals surface area contributed by atoms with Crippen LogP contribution in [0.2, 0.25) is 0 Å². The van der Waals surface area contributed by atoms with Crippen LogP contribution in [0, 0.1) is 0 Å². The van der Waals surface area contributed by atoms with E-state index in [2.05, 4.69) is 48.9 Å². The number of thiazole rings is 1. The van der Waals surface area contributed by atoms with Crippen molar-refractivity contribution < 1.29 is 12.8 Å². The molecule has 0 spiro atoms. The first-order valence-corrected chi connectivity index (χ1v) is 12.3. The monoisotopic (exact) mass is 472 g/mol. The summed E-state index contributed by atoms with van der Waals surface area (Å²) in [4.78, 5) is 6.54. The second-order valence-corrected chi connectivity index (χ2v) is 10.1. The molecule has 0 aliphatic carbocycles. The van der Waals surface area contributed by atoms with E-state index < -0.39 is 10.2 Å². The third-order valence-corrected chi connectivity index (χ3v) is 6.74. The fourth-order valence-electron chi connectivity index (χ4n) is 3.03. The van der Waals surface area contributed by atoms with Gasteiger partial charge in [-0.15, -0.1) is 21.5 Å². The van der Waals surface area contributed by atoms with Gasteiger partial charge in [-0.2, -0.15) is 13.1 Å². The molecule has 4 aromatic rings. The van der Waals surface area contributed by atoms with Gasteiger partial charge in [-0.25, -0.2) is 9.71 Å². The van der Waals surface area contributed by atoms with Crippen molar-refractivity contribution >= 4 is 31.8 Å². The predicted octanol–water partition coefficient (Wildman–Crippen LogP) is 2.42. The lowest BCUT2D eigenvalue weighted by atomic mass is 10.1. The molecule has 0 amide bonds. The Bertz CT molecular complexity index is 1290. The van der Waals surface area contributed by atoms with Crippen LogP contribution in [0.5, 0.6) is 0 Å². The number of benzene rings is 2. The topological polar surface area (TPSA) is 113 Å². The highest BCUT2D eigenvalue weighted by Gasteiger charge is 2.14. The van der Waals surface area contributed by atoms with Gasteiger partial charge in [0.25, 0.3) is 10.2 Å². The van der Waals surface area contributed by atoms with Crippen LogP contribution in [0.1, 0.15) is 16.8 Å². The molecule has 0 fully saturated rings. The van der Waals surface area contributed by atoms with E-state index in [0.717, 1.165) is 26.4 Å². The lowest BCUT2D eigenvalue weighted by molar-refractivity contribution is 0.411. The van der Waals surface area contributed by atoms with E-state index in [4.69, 9.17) is 4.42 Å². The summed E-state index contributed by atoms with van der Waals surface area (Å²) >= 11 is 1.57. The zero-order valence-corrected chi connectivity index (χ0v) is 19.4. The van der Waals surface area contributed by atoms with Gasteiger partial charge in [0, 0.05) is 13.1 Å². The summed E-state index contributed by atoms with van der Waals surface area (Å²) in [5.41, 5.74) is 3.21. The Hall–Kier alpha value is -2.70. The van der Waals surface area contributed by atoms with Gasteiger partial charge in [0.2, 0.25) is 11.8 Å². The molecule has 0 saturated carbocycles. The number of hydrogen-bond donors (Lipinski definition) is 2. The molecule has 2 heterocycles. The van der Waals surface area contributed by atoms with E-state index in [9.17, 15) is 8.42 Å². The van der Waals surface area contributed by atoms with Crippen LogP contribution in [0.3, 0.4) is 0 Å². The van der Waals surface area contributed by atoms with Crippen molar-refractivity contribution in [2.75, 3.05) is 27.2 Å². The smallest absolute Gasteiger partial charge is 0.277 e. The molecule has 168 valence electrons. The first kappa shape index (κ1) is 22.5. The van der Waals surface area contributed by atoms with Crippen molar-refractivity contribution in [1.29, 1.82) is 0 Å². The van der Waals surface area contributed by atoms with Gasteiger partial charge in [0.05, 0.1) is 23.2 Å². The van der Waals surface area contributed by atoms with Crippen LogP contribution in [-0.2, 0) is 23.2 Å². The zero-order valence-electron chi connectivity index (χ0n) is 17.8. The predicted molar refractivity (Wildman–Crippen MR) is 124 cm³/mol. The summed E-state index contributed by atoms with van der Waals surface area (Å²) in [6, 6.07) is 16.4. The fourth-order valence-corrected chi connectivity index (χ4v) is 4.80. The molecule has 4 rings (SSSR count). The molecular formula is C21H24N6O3S2. The quantitative estimate of drug-likeness (QED) is 0.364. The SMILES string of the molecule is CN(C)CCNS(=O)(=O)NCc1nnc(Cc2nc3ccc(-c4ccccc4)cc3s2)o1. The van der Waals surface area contributed by atoms with Crippen LogP contribution < -0.4 is 9.44 Å². The molecule has 0 bridgehead atoms. The van der Waals surface area contributed by atoms with Gasteiger partial charge in [-0.3, -0.25) is 0 Å². The molecule has 2 aromatic heterocycles. The van der Waals surface area contributed by atoms with Crippen LogP contribution in [0.25, 0.3) is 21.3 Å². The Labute approximate surface area is 190 Å². The van der Waals surface area contributed by atoms with E-state index in [0.29, 0.717) is 25.4 Å². The second-order valence-electron chi connectivity index (χ2n) is 7.44. The van der Waals surface area contributed by atoms with Gasteiger partial charge >= 0.3 is 0 Å².